The van der Waals surface area contributed by atoms with Crippen molar-refractivity contribution in [1.82, 2.24) is 19.8 Å². The highest BCUT2D eigenvalue weighted by Gasteiger charge is 2.64. The number of alkyl carbamates (subject to hydrolysis) is 1. The third-order valence-corrected chi connectivity index (χ3v) is 14.6. The van der Waals surface area contributed by atoms with E-state index in [-0.39, 0.29) is 30.9 Å². The van der Waals surface area contributed by atoms with Crippen molar-refractivity contribution in [3.8, 4) is 0 Å². The molecule has 1 aromatic rings. The molecule has 55 heavy (non-hydrogen) atoms. The third-order valence-electron chi connectivity index (χ3n) is 12.8. The van der Waals surface area contributed by atoms with Crippen LogP contribution in [0.4, 0.5) is 9.59 Å². The molecule has 3 aliphatic heterocycles. The Bertz CT molecular complexity index is 1830. The van der Waals surface area contributed by atoms with Crippen LogP contribution >= 0.6 is 0 Å². The third kappa shape index (κ3) is 8.39. The fourth-order valence-corrected chi connectivity index (χ4v) is 10.3. The van der Waals surface area contributed by atoms with Gasteiger partial charge >= 0.3 is 12.2 Å². The van der Waals surface area contributed by atoms with E-state index < -0.39 is 79.5 Å². The number of ether oxygens (including phenoxy) is 2. The van der Waals surface area contributed by atoms with Gasteiger partial charge in [0.2, 0.25) is 21.8 Å². The van der Waals surface area contributed by atoms with Gasteiger partial charge in [0.25, 0.3) is 0 Å². The number of amides is 4. The predicted molar refractivity (Wildman–Crippen MR) is 205 cm³/mol. The van der Waals surface area contributed by atoms with Crippen molar-refractivity contribution in [2.45, 2.75) is 150 Å². The predicted octanol–water partition coefficient (Wildman–Crippen LogP) is 5.62. The van der Waals surface area contributed by atoms with Crippen LogP contribution in [0.5, 0.6) is 0 Å². The van der Waals surface area contributed by atoms with Crippen LogP contribution in [0, 0.1) is 27.6 Å². The first kappa shape index (κ1) is 41.0. The summed E-state index contributed by atoms with van der Waals surface area (Å²) in [4.78, 5) is 73.7. The summed E-state index contributed by atoms with van der Waals surface area (Å²) in [5.74, 6) is -1.87. The topological polar surface area (TPSA) is 168 Å². The Balaban J connectivity index is 1.34. The van der Waals surface area contributed by atoms with Crippen molar-refractivity contribution in [3.05, 3.63) is 34.9 Å². The largest absolute Gasteiger partial charge is 0.449 e. The van der Waals surface area contributed by atoms with Crippen LogP contribution in [0.1, 0.15) is 123 Å². The molecule has 3 fully saturated rings. The quantitative estimate of drug-likeness (QED) is 0.357. The van der Waals surface area contributed by atoms with E-state index in [0.29, 0.717) is 38.8 Å². The minimum atomic E-state index is -3.86. The van der Waals surface area contributed by atoms with Crippen molar-refractivity contribution in [3.63, 3.8) is 0 Å². The lowest BCUT2D eigenvalue weighted by atomic mass is 9.77. The number of hydrogen-bond donors (Lipinski definition) is 2. The van der Waals surface area contributed by atoms with Crippen molar-refractivity contribution >= 4 is 39.8 Å². The van der Waals surface area contributed by atoms with Crippen LogP contribution < -0.4 is 10.0 Å². The van der Waals surface area contributed by atoms with Crippen molar-refractivity contribution < 1.29 is 41.9 Å². The molecular weight excluding hydrogens is 725 g/mol. The molecule has 1 saturated heterocycles. The molecule has 2 N–H and O–H groups in total. The molecule has 0 radical (unpaired) electrons. The van der Waals surface area contributed by atoms with Gasteiger partial charge in [-0.2, -0.15) is 0 Å². The van der Waals surface area contributed by atoms with E-state index in [4.69, 9.17) is 9.47 Å². The number of sulfonamides is 1. The number of aryl methyl sites for hydroxylation is 1. The molecule has 14 heteroatoms. The highest BCUT2D eigenvalue weighted by atomic mass is 32.2. The molecule has 1 aromatic carbocycles. The fourth-order valence-electron chi connectivity index (χ4n) is 8.96. The minimum absolute atomic E-state index is 0.122. The lowest BCUT2D eigenvalue weighted by molar-refractivity contribution is -0.144. The zero-order chi connectivity index (χ0) is 40.3. The summed E-state index contributed by atoms with van der Waals surface area (Å²) in [6, 6.07) is 3.86. The molecule has 5 atom stereocenters. The van der Waals surface area contributed by atoms with Gasteiger partial charge in [-0.05, 0) is 72.0 Å². The number of carbonyl (C=O) groups is 5. The molecule has 6 rings (SSSR count). The molecule has 0 aromatic heterocycles. The molecule has 304 valence electrons. The Hall–Kier alpha value is -3.68. The number of nitrogens with zero attached hydrogens (tertiary/aromatic N) is 2. The maximum Gasteiger partial charge on any atom is 0.410 e. The highest BCUT2D eigenvalue weighted by molar-refractivity contribution is 7.90. The summed E-state index contributed by atoms with van der Waals surface area (Å²) >= 11 is 0. The number of cyclic esters (lactones) is 1. The Labute approximate surface area is 326 Å². The summed E-state index contributed by atoms with van der Waals surface area (Å²) in [6.07, 6.45) is 2.87. The van der Waals surface area contributed by atoms with Gasteiger partial charge < -0.3 is 19.7 Å². The summed E-state index contributed by atoms with van der Waals surface area (Å²) in [5, 5.41) is 2.19. The van der Waals surface area contributed by atoms with Gasteiger partial charge in [-0.25, -0.2) is 18.0 Å². The van der Waals surface area contributed by atoms with Crippen LogP contribution in [0.2, 0.25) is 0 Å². The molecule has 2 saturated carbocycles. The Morgan fingerprint density at radius 1 is 1.02 bits per heavy atom. The maximum absolute atomic E-state index is 14.8. The van der Waals surface area contributed by atoms with Crippen LogP contribution in [-0.2, 0) is 53.4 Å². The van der Waals surface area contributed by atoms with Gasteiger partial charge in [-0.3, -0.25) is 24.0 Å². The van der Waals surface area contributed by atoms with E-state index in [2.05, 4.69) is 16.1 Å². The number of benzene rings is 1. The smallest absolute Gasteiger partial charge is 0.410 e. The van der Waals surface area contributed by atoms with E-state index in [1.165, 1.54) is 10.5 Å². The van der Waals surface area contributed by atoms with Gasteiger partial charge in [-0.1, -0.05) is 86.4 Å². The van der Waals surface area contributed by atoms with Crippen LogP contribution in [0.15, 0.2) is 18.2 Å². The van der Waals surface area contributed by atoms with E-state index in [9.17, 15) is 32.4 Å². The summed E-state index contributed by atoms with van der Waals surface area (Å²) in [5.41, 5.74) is -0.156. The maximum atomic E-state index is 14.8. The van der Waals surface area contributed by atoms with Crippen molar-refractivity contribution in [2.24, 2.45) is 27.6 Å². The van der Waals surface area contributed by atoms with E-state index in [0.717, 1.165) is 36.8 Å². The second-order valence-corrected chi connectivity index (χ2v) is 21.1. The Kier molecular flexibility index (Phi) is 10.9. The Morgan fingerprint density at radius 2 is 1.71 bits per heavy atom. The first-order chi connectivity index (χ1) is 25.6. The fraction of sp³-hybridized carbons (Fsp3) is 0.732. The monoisotopic (exact) mass is 784 g/mol. The molecule has 4 bridgehead atoms. The van der Waals surface area contributed by atoms with E-state index in [1.807, 2.05) is 53.7 Å². The van der Waals surface area contributed by atoms with Gasteiger partial charge in [0, 0.05) is 24.9 Å². The second kappa shape index (κ2) is 14.7. The summed E-state index contributed by atoms with van der Waals surface area (Å²) in [7, 11) is -3.86. The second-order valence-electron chi connectivity index (χ2n) is 19.2. The summed E-state index contributed by atoms with van der Waals surface area (Å²) < 4.78 is 39.9. The van der Waals surface area contributed by atoms with Gasteiger partial charge in [0.1, 0.15) is 12.1 Å². The van der Waals surface area contributed by atoms with Crippen molar-refractivity contribution in [1.29, 1.82) is 0 Å². The molecular formula is C41H60N4O9S. The van der Waals surface area contributed by atoms with Gasteiger partial charge in [0.15, 0.2) is 5.78 Å². The number of hydrogen-bond acceptors (Lipinski definition) is 9. The minimum Gasteiger partial charge on any atom is -0.449 e. The zero-order valence-electron chi connectivity index (χ0n) is 33.8. The van der Waals surface area contributed by atoms with Crippen LogP contribution in [0.3, 0.4) is 0 Å². The SMILES string of the molecule is CC[C@@H]1C[C@]1(CC(=O)[C@H]1N2C[C@H](OC(=O)N3Cc4cccc(c4C3)CCCCC(C)(C)COC(=O)N[C@@H](C(C)(C)C)C2=O)C1(C)C)C(=O)NS(=O)(=O)C1CC1. The molecule has 0 unspecified atom stereocenters. The van der Waals surface area contributed by atoms with Gasteiger partial charge in [-0.15, -0.1) is 0 Å². The molecule has 13 nitrogen and oxygen atoms in total. The average molecular weight is 785 g/mol. The van der Waals surface area contributed by atoms with E-state index in [1.54, 1.807) is 18.7 Å². The lowest BCUT2D eigenvalue weighted by Crippen LogP contribution is -2.58. The normalized spacial score (nSPS) is 29.9. The van der Waals surface area contributed by atoms with Crippen LogP contribution in [-0.4, -0.2) is 84.6 Å². The Morgan fingerprint density at radius 3 is 2.35 bits per heavy atom. The van der Waals surface area contributed by atoms with Crippen molar-refractivity contribution in [2.75, 3.05) is 13.2 Å². The number of nitrogens with one attached hydrogen (secondary N) is 2. The number of ketones is 1. The number of carbonyl (C=O) groups excluding carboxylic acids is 5. The molecule has 4 amide bonds. The highest BCUT2D eigenvalue weighted by Crippen LogP contribution is 2.58. The number of Topliss-reactive ketones (excluding diaryl/α,β-unsaturated/α-hetero) is 1. The average Bonchev–Trinajstić information content (AvgIpc) is 4.00. The van der Waals surface area contributed by atoms with E-state index >= 15 is 0 Å². The molecule has 0 spiro atoms. The summed E-state index contributed by atoms with van der Waals surface area (Å²) in [6.45, 7) is 15.8. The van der Waals surface area contributed by atoms with Crippen LogP contribution in [0.25, 0.3) is 0 Å². The van der Waals surface area contributed by atoms with Gasteiger partial charge in [0.05, 0.1) is 29.9 Å². The number of rotatable bonds is 7. The zero-order valence-corrected chi connectivity index (χ0v) is 34.6. The lowest BCUT2D eigenvalue weighted by Gasteiger charge is -2.38. The first-order valence-electron chi connectivity index (χ1n) is 20.0. The molecule has 2 aliphatic carbocycles. The number of fused-ring (bicyclic) bond motifs is 3. The molecule has 5 aliphatic rings. The molecule has 3 heterocycles. The first-order valence-corrected chi connectivity index (χ1v) is 21.5. The standard InChI is InChI=1S/C41H60N4O9S/c1-9-27-19-41(27,35(48)43-55(51,52)28-16-17-28)20-30(46)33-40(7,8)31-23-45(33)34(47)32(38(2,3)4)42-36(49)53-24-39(5,6)18-11-10-13-25-14-12-15-26-21-44(22-29(25)26)37(50)54-31/h12,14-15,27-28,31-33H,9-11,13,16-24H2,1-8H3,(H,42,49)(H,43,48)/t27-,31+,32-,33-,41-/m1/s1.